The summed E-state index contributed by atoms with van der Waals surface area (Å²) in [4.78, 5) is 24.2. The summed E-state index contributed by atoms with van der Waals surface area (Å²) in [5.74, 6) is 0.0962. The first kappa shape index (κ1) is 20.6. The van der Waals surface area contributed by atoms with Crippen LogP contribution >= 0.6 is 11.6 Å². The normalized spacial score (nSPS) is 11.8. The molecule has 0 unspecified atom stereocenters. The predicted octanol–water partition coefficient (Wildman–Crippen LogP) is 3.76. The van der Waals surface area contributed by atoms with Crippen LogP contribution in [0.25, 0.3) is 0 Å². The summed E-state index contributed by atoms with van der Waals surface area (Å²) >= 11 is 6.19. The molecule has 0 aliphatic carbocycles. The topological polar surface area (TPSA) is 87.0 Å². The summed E-state index contributed by atoms with van der Waals surface area (Å²) in [5.41, 5.74) is 0.153. The van der Waals surface area contributed by atoms with Crippen molar-refractivity contribution >= 4 is 23.5 Å². The van der Waals surface area contributed by atoms with Crippen molar-refractivity contribution in [2.24, 2.45) is 0 Å². The van der Waals surface area contributed by atoms with Gasteiger partial charge in [-0.05, 0) is 45.0 Å². The van der Waals surface area contributed by atoms with Gasteiger partial charge in [0.15, 0.2) is 18.1 Å². The fourth-order valence-electron chi connectivity index (χ4n) is 2.29. The molecule has 0 aliphatic rings. The molecule has 0 aliphatic heterocycles. The molecule has 1 N–H and O–H groups in total. The van der Waals surface area contributed by atoms with Crippen molar-refractivity contribution in [3.05, 3.63) is 46.9 Å². The number of carbonyl (C=O) groups excluding carboxylic acids is 2. The number of halogens is 1. The van der Waals surface area contributed by atoms with E-state index in [1.807, 2.05) is 13.8 Å². The molecule has 8 heteroatoms. The zero-order valence-corrected chi connectivity index (χ0v) is 16.3. The van der Waals surface area contributed by atoms with E-state index in [9.17, 15) is 9.59 Å². The van der Waals surface area contributed by atoms with Crippen LogP contribution in [0.3, 0.4) is 0 Å². The molecular formula is C19H22ClNO6. The molecule has 1 amide bonds. The first-order valence-corrected chi connectivity index (χ1v) is 8.73. The Morgan fingerprint density at radius 3 is 2.59 bits per heavy atom. The van der Waals surface area contributed by atoms with Crippen LogP contribution in [0.2, 0.25) is 5.02 Å². The average molecular weight is 396 g/mol. The van der Waals surface area contributed by atoms with Gasteiger partial charge in [-0.15, -0.1) is 0 Å². The third-order valence-corrected chi connectivity index (χ3v) is 3.78. The predicted molar refractivity (Wildman–Crippen MR) is 99.3 cm³/mol. The second-order valence-corrected chi connectivity index (χ2v) is 6.44. The van der Waals surface area contributed by atoms with Gasteiger partial charge in [0.25, 0.3) is 5.91 Å². The van der Waals surface area contributed by atoms with Crippen molar-refractivity contribution < 1.29 is 28.2 Å². The average Bonchev–Trinajstić information content (AvgIpc) is 3.15. The van der Waals surface area contributed by atoms with E-state index in [0.29, 0.717) is 17.3 Å². The molecule has 0 radical (unpaired) electrons. The molecule has 2 aromatic rings. The van der Waals surface area contributed by atoms with Crippen molar-refractivity contribution in [2.45, 2.75) is 32.9 Å². The monoisotopic (exact) mass is 395 g/mol. The van der Waals surface area contributed by atoms with Crippen LogP contribution < -0.4 is 14.8 Å². The molecule has 0 bridgehead atoms. The largest absolute Gasteiger partial charge is 0.493 e. The minimum atomic E-state index is -0.702. The second-order valence-electron chi connectivity index (χ2n) is 6.04. The lowest BCUT2D eigenvalue weighted by Gasteiger charge is -2.16. The van der Waals surface area contributed by atoms with Crippen LogP contribution in [0.1, 0.15) is 42.9 Å². The lowest BCUT2D eigenvalue weighted by molar-refractivity contribution is -0.125. The highest BCUT2D eigenvalue weighted by Crippen LogP contribution is 2.37. The van der Waals surface area contributed by atoms with Crippen molar-refractivity contribution in [1.29, 1.82) is 0 Å². The van der Waals surface area contributed by atoms with Crippen LogP contribution in [-0.2, 0) is 9.53 Å². The number of benzene rings is 1. The molecule has 1 heterocycles. The molecule has 2 rings (SSSR count). The fraction of sp³-hybridized carbons (Fsp3) is 0.368. The lowest BCUT2D eigenvalue weighted by atomic mass is 10.2. The maximum atomic E-state index is 12.2. The van der Waals surface area contributed by atoms with Gasteiger partial charge in [-0.25, -0.2) is 4.79 Å². The Morgan fingerprint density at radius 2 is 2.00 bits per heavy atom. The Morgan fingerprint density at radius 1 is 1.26 bits per heavy atom. The molecule has 1 aromatic carbocycles. The standard InChI is InChI=1S/C19H22ClNO6/c1-11(2)27-18-14(20)8-13(9-16(18)24-4)19(23)26-10-17(22)21-12(3)15-6-5-7-25-15/h5-9,11-12H,10H2,1-4H3,(H,21,22)/t12-/m0/s1. The molecular weight excluding hydrogens is 374 g/mol. The highest BCUT2D eigenvalue weighted by Gasteiger charge is 2.19. The zero-order chi connectivity index (χ0) is 20.0. The highest BCUT2D eigenvalue weighted by atomic mass is 35.5. The van der Waals surface area contributed by atoms with E-state index in [1.165, 1.54) is 25.5 Å². The van der Waals surface area contributed by atoms with Gasteiger partial charge in [0.2, 0.25) is 0 Å². The van der Waals surface area contributed by atoms with Gasteiger partial charge in [-0.1, -0.05) is 11.6 Å². The number of methoxy groups -OCH3 is 1. The SMILES string of the molecule is COc1cc(C(=O)OCC(=O)N[C@@H](C)c2ccco2)cc(Cl)c1OC(C)C. The number of carbonyl (C=O) groups is 2. The van der Waals surface area contributed by atoms with Crippen LogP contribution in [0.4, 0.5) is 0 Å². The first-order valence-electron chi connectivity index (χ1n) is 8.36. The number of furan rings is 1. The van der Waals surface area contributed by atoms with Crippen molar-refractivity contribution in [1.82, 2.24) is 5.32 Å². The smallest absolute Gasteiger partial charge is 0.338 e. The van der Waals surface area contributed by atoms with E-state index in [2.05, 4.69) is 5.32 Å². The van der Waals surface area contributed by atoms with Crippen LogP contribution in [-0.4, -0.2) is 31.7 Å². The summed E-state index contributed by atoms with van der Waals surface area (Å²) in [5, 5.41) is 2.89. The molecule has 1 aromatic heterocycles. The number of nitrogens with one attached hydrogen (secondary N) is 1. The number of hydrogen-bond acceptors (Lipinski definition) is 6. The van der Waals surface area contributed by atoms with Crippen LogP contribution in [0, 0.1) is 0 Å². The Kier molecular flexibility index (Phi) is 7.12. The summed E-state index contributed by atoms with van der Waals surface area (Å²) in [6.07, 6.45) is 1.40. The van der Waals surface area contributed by atoms with E-state index in [-0.39, 0.29) is 22.7 Å². The Labute approximate surface area is 162 Å². The quantitative estimate of drug-likeness (QED) is 0.685. The van der Waals surface area contributed by atoms with E-state index in [0.717, 1.165) is 0 Å². The lowest BCUT2D eigenvalue weighted by Crippen LogP contribution is -2.31. The van der Waals surface area contributed by atoms with Gasteiger partial charge in [-0.2, -0.15) is 0 Å². The molecule has 1 atom stereocenters. The fourth-order valence-corrected chi connectivity index (χ4v) is 2.55. The van der Waals surface area contributed by atoms with Crippen LogP contribution in [0.5, 0.6) is 11.5 Å². The zero-order valence-electron chi connectivity index (χ0n) is 15.6. The molecule has 0 saturated heterocycles. The van der Waals surface area contributed by atoms with Gasteiger partial charge >= 0.3 is 5.97 Å². The van der Waals surface area contributed by atoms with Crippen molar-refractivity contribution in [3.63, 3.8) is 0 Å². The summed E-state index contributed by atoms with van der Waals surface area (Å²) in [6.45, 7) is 5.02. The highest BCUT2D eigenvalue weighted by molar-refractivity contribution is 6.32. The van der Waals surface area contributed by atoms with Crippen molar-refractivity contribution in [2.75, 3.05) is 13.7 Å². The molecule has 146 valence electrons. The van der Waals surface area contributed by atoms with Gasteiger partial charge in [0.05, 0.1) is 36.1 Å². The maximum Gasteiger partial charge on any atom is 0.338 e. The van der Waals surface area contributed by atoms with Gasteiger partial charge in [0, 0.05) is 0 Å². The Balaban J connectivity index is 1.99. The molecule has 0 spiro atoms. The molecule has 27 heavy (non-hydrogen) atoms. The second kappa shape index (κ2) is 9.32. The summed E-state index contributed by atoms with van der Waals surface area (Å²) in [7, 11) is 1.44. The van der Waals surface area contributed by atoms with E-state index < -0.39 is 18.5 Å². The van der Waals surface area contributed by atoms with E-state index >= 15 is 0 Å². The third-order valence-electron chi connectivity index (χ3n) is 3.50. The maximum absolute atomic E-state index is 12.2. The number of amides is 1. The number of hydrogen-bond donors (Lipinski definition) is 1. The van der Waals surface area contributed by atoms with Gasteiger partial charge in [0.1, 0.15) is 5.76 Å². The minimum absolute atomic E-state index is 0.117. The van der Waals surface area contributed by atoms with E-state index in [4.69, 9.17) is 30.2 Å². The Bertz CT molecular complexity index is 788. The third kappa shape index (κ3) is 5.65. The first-order chi connectivity index (χ1) is 12.8. The number of ether oxygens (including phenoxy) is 3. The van der Waals surface area contributed by atoms with Gasteiger partial charge < -0.3 is 23.9 Å². The molecule has 0 fully saturated rings. The summed E-state index contributed by atoms with van der Waals surface area (Å²) < 4.78 is 21.1. The number of esters is 1. The summed E-state index contributed by atoms with van der Waals surface area (Å²) in [6, 6.07) is 5.99. The van der Waals surface area contributed by atoms with Crippen LogP contribution in [0.15, 0.2) is 34.9 Å². The minimum Gasteiger partial charge on any atom is -0.493 e. The van der Waals surface area contributed by atoms with Crippen molar-refractivity contribution in [3.8, 4) is 11.5 Å². The Hall–Kier alpha value is -2.67. The molecule has 0 saturated carbocycles. The number of rotatable bonds is 8. The van der Waals surface area contributed by atoms with Gasteiger partial charge in [-0.3, -0.25) is 4.79 Å². The van der Waals surface area contributed by atoms with E-state index in [1.54, 1.807) is 19.1 Å². The molecule has 7 nitrogen and oxygen atoms in total.